The number of carbonyl (C=O) groups is 2. The molecule has 142 valence electrons. The summed E-state index contributed by atoms with van der Waals surface area (Å²) in [6, 6.07) is 14.1. The van der Waals surface area contributed by atoms with Gasteiger partial charge in [-0.1, -0.05) is 47.5 Å². The van der Waals surface area contributed by atoms with Crippen LogP contribution in [-0.4, -0.2) is 60.9 Å². The largest absolute Gasteiger partial charge is 0.351 e. The predicted molar refractivity (Wildman–Crippen MR) is 108 cm³/mol. The maximum atomic E-state index is 12.6. The Morgan fingerprint density at radius 2 is 1.41 bits per heavy atom. The van der Waals surface area contributed by atoms with Gasteiger partial charge < -0.3 is 10.2 Å². The number of amides is 2. The number of nitrogens with zero attached hydrogens (tertiary/aromatic N) is 2. The molecule has 27 heavy (non-hydrogen) atoms. The maximum absolute atomic E-state index is 12.6. The molecule has 1 aliphatic rings. The summed E-state index contributed by atoms with van der Waals surface area (Å²) in [5, 5.41) is 3.82. The van der Waals surface area contributed by atoms with Crippen LogP contribution in [0.5, 0.6) is 0 Å². The van der Waals surface area contributed by atoms with Crippen LogP contribution in [0, 0.1) is 0 Å². The van der Waals surface area contributed by atoms with Gasteiger partial charge in [-0.3, -0.25) is 14.5 Å². The smallest absolute Gasteiger partial charge is 0.255 e. The Kier molecular flexibility index (Phi) is 6.72. The average Bonchev–Trinajstić information content (AvgIpc) is 2.68. The van der Waals surface area contributed by atoms with Crippen molar-refractivity contribution in [2.24, 2.45) is 0 Å². The molecule has 0 saturated carbocycles. The monoisotopic (exact) mass is 405 g/mol. The molecule has 1 fully saturated rings. The van der Waals surface area contributed by atoms with Crippen molar-refractivity contribution in [3.63, 3.8) is 0 Å². The van der Waals surface area contributed by atoms with Gasteiger partial charge in [-0.15, -0.1) is 0 Å². The van der Waals surface area contributed by atoms with Crippen LogP contribution in [0.1, 0.15) is 20.7 Å². The first-order valence-electron chi connectivity index (χ1n) is 8.85. The van der Waals surface area contributed by atoms with Gasteiger partial charge in [0.2, 0.25) is 0 Å². The maximum Gasteiger partial charge on any atom is 0.255 e. The van der Waals surface area contributed by atoms with Crippen LogP contribution in [0.15, 0.2) is 48.5 Å². The third-order valence-electron chi connectivity index (χ3n) is 4.60. The molecule has 1 N–H and O–H groups in total. The Morgan fingerprint density at radius 3 is 2.00 bits per heavy atom. The molecule has 2 aromatic rings. The molecule has 7 heteroatoms. The second-order valence-corrected chi connectivity index (χ2v) is 7.16. The van der Waals surface area contributed by atoms with E-state index in [9.17, 15) is 9.59 Å². The highest BCUT2D eigenvalue weighted by Gasteiger charge is 2.23. The van der Waals surface area contributed by atoms with E-state index < -0.39 is 0 Å². The third-order valence-corrected chi connectivity index (χ3v) is 5.26. The van der Waals surface area contributed by atoms with E-state index in [4.69, 9.17) is 23.2 Å². The van der Waals surface area contributed by atoms with Gasteiger partial charge in [0.15, 0.2) is 0 Å². The lowest BCUT2D eigenvalue weighted by molar-refractivity contribution is 0.0638. The first-order valence-corrected chi connectivity index (χ1v) is 9.61. The molecule has 0 spiro atoms. The van der Waals surface area contributed by atoms with E-state index in [0.29, 0.717) is 40.8 Å². The zero-order valence-corrected chi connectivity index (χ0v) is 16.3. The Labute approximate surface area is 168 Å². The lowest BCUT2D eigenvalue weighted by Crippen LogP contribution is -2.50. The van der Waals surface area contributed by atoms with Crippen molar-refractivity contribution in [1.29, 1.82) is 0 Å². The minimum absolute atomic E-state index is 0.0349. The Hall–Kier alpha value is -2.08. The zero-order chi connectivity index (χ0) is 19.2. The second kappa shape index (κ2) is 9.22. The molecule has 1 saturated heterocycles. The summed E-state index contributed by atoms with van der Waals surface area (Å²) >= 11 is 12.2. The summed E-state index contributed by atoms with van der Waals surface area (Å²) in [5.41, 5.74) is 1.02. The molecule has 0 radical (unpaired) electrons. The molecule has 0 atom stereocenters. The van der Waals surface area contributed by atoms with Crippen molar-refractivity contribution in [3.8, 4) is 0 Å². The zero-order valence-electron chi connectivity index (χ0n) is 14.8. The van der Waals surface area contributed by atoms with Crippen LogP contribution in [0.25, 0.3) is 0 Å². The fourth-order valence-corrected chi connectivity index (χ4v) is 3.49. The number of nitrogens with one attached hydrogen (secondary N) is 1. The third kappa shape index (κ3) is 5.01. The summed E-state index contributed by atoms with van der Waals surface area (Å²) < 4.78 is 0. The molecule has 1 aliphatic heterocycles. The van der Waals surface area contributed by atoms with E-state index in [1.807, 2.05) is 17.0 Å². The normalized spacial score (nSPS) is 14.8. The number of piperazine rings is 1. The minimum Gasteiger partial charge on any atom is -0.351 e. The van der Waals surface area contributed by atoms with Crippen molar-refractivity contribution >= 4 is 35.0 Å². The number of rotatable bonds is 5. The van der Waals surface area contributed by atoms with Gasteiger partial charge in [0.25, 0.3) is 11.8 Å². The minimum atomic E-state index is -0.173. The van der Waals surface area contributed by atoms with Gasteiger partial charge in [-0.25, -0.2) is 0 Å². The topological polar surface area (TPSA) is 52.7 Å². The van der Waals surface area contributed by atoms with E-state index in [-0.39, 0.29) is 11.8 Å². The van der Waals surface area contributed by atoms with Crippen LogP contribution >= 0.6 is 23.2 Å². The second-order valence-electron chi connectivity index (χ2n) is 6.35. The Bertz CT molecular complexity index is 818. The number of carbonyl (C=O) groups excluding carboxylic acids is 2. The summed E-state index contributed by atoms with van der Waals surface area (Å²) in [4.78, 5) is 28.8. The van der Waals surface area contributed by atoms with Crippen molar-refractivity contribution < 1.29 is 9.59 Å². The van der Waals surface area contributed by atoms with E-state index in [1.165, 1.54) is 0 Å². The van der Waals surface area contributed by atoms with Crippen molar-refractivity contribution in [2.75, 3.05) is 39.3 Å². The van der Waals surface area contributed by atoms with Gasteiger partial charge in [-0.2, -0.15) is 0 Å². The molecule has 3 rings (SSSR count). The summed E-state index contributed by atoms with van der Waals surface area (Å²) in [7, 11) is 0. The van der Waals surface area contributed by atoms with Crippen LogP contribution in [0.3, 0.4) is 0 Å². The summed E-state index contributed by atoms with van der Waals surface area (Å²) in [5.74, 6) is -0.208. The molecular formula is C20H21Cl2N3O2. The van der Waals surface area contributed by atoms with E-state index in [0.717, 1.165) is 19.6 Å². The van der Waals surface area contributed by atoms with E-state index >= 15 is 0 Å². The molecule has 0 unspecified atom stereocenters. The fraction of sp³-hybridized carbons (Fsp3) is 0.300. The lowest BCUT2D eigenvalue weighted by atomic mass is 10.2. The van der Waals surface area contributed by atoms with Gasteiger partial charge in [0.1, 0.15) is 0 Å². The van der Waals surface area contributed by atoms with Gasteiger partial charge in [0.05, 0.1) is 21.2 Å². The van der Waals surface area contributed by atoms with Crippen LogP contribution in [0.2, 0.25) is 10.0 Å². The lowest BCUT2D eigenvalue weighted by Gasteiger charge is -2.34. The van der Waals surface area contributed by atoms with Crippen molar-refractivity contribution in [2.45, 2.75) is 0 Å². The summed E-state index contributed by atoms with van der Waals surface area (Å²) in [6.07, 6.45) is 0. The first kappa shape index (κ1) is 19.7. The number of benzene rings is 2. The van der Waals surface area contributed by atoms with Gasteiger partial charge in [0, 0.05) is 39.3 Å². The van der Waals surface area contributed by atoms with Crippen molar-refractivity contribution in [3.05, 3.63) is 69.7 Å². The highest BCUT2D eigenvalue weighted by Crippen LogP contribution is 2.18. The average molecular weight is 406 g/mol. The molecule has 1 heterocycles. The van der Waals surface area contributed by atoms with Crippen LogP contribution < -0.4 is 5.32 Å². The molecule has 2 amide bonds. The molecule has 0 aliphatic carbocycles. The van der Waals surface area contributed by atoms with Crippen molar-refractivity contribution in [1.82, 2.24) is 15.1 Å². The molecule has 0 aromatic heterocycles. The summed E-state index contributed by atoms with van der Waals surface area (Å²) in [6.45, 7) is 4.06. The van der Waals surface area contributed by atoms with E-state index in [2.05, 4.69) is 10.2 Å². The quantitative estimate of drug-likeness (QED) is 0.830. The fourth-order valence-electron chi connectivity index (χ4n) is 3.05. The number of hydrogen-bond acceptors (Lipinski definition) is 3. The highest BCUT2D eigenvalue weighted by molar-refractivity contribution is 6.34. The standard InChI is InChI=1S/C20H21Cl2N3O2/c21-17-7-3-1-5-15(17)19(26)23-9-10-24-11-13-25(14-12-24)20(27)16-6-2-4-8-18(16)22/h1-8H,9-14H2,(H,23,26). The molecular weight excluding hydrogens is 385 g/mol. The van der Waals surface area contributed by atoms with Crippen LogP contribution in [0.4, 0.5) is 0 Å². The van der Waals surface area contributed by atoms with Crippen LogP contribution in [-0.2, 0) is 0 Å². The molecule has 2 aromatic carbocycles. The highest BCUT2D eigenvalue weighted by atomic mass is 35.5. The number of hydrogen-bond donors (Lipinski definition) is 1. The van der Waals surface area contributed by atoms with E-state index in [1.54, 1.807) is 36.4 Å². The Morgan fingerprint density at radius 1 is 0.852 bits per heavy atom. The first-order chi connectivity index (χ1) is 13.1. The molecule has 0 bridgehead atoms. The predicted octanol–water partition coefficient (Wildman–Crippen LogP) is 3.18. The number of halogens is 2. The Balaban J connectivity index is 1.43. The SMILES string of the molecule is O=C(NCCN1CCN(C(=O)c2ccccc2Cl)CC1)c1ccccc1Cl. The van der Waals surface area contributed by atoms with Gasteiger partial charge in [-0.05, 0) is 24.3 Å². The van der Waals surface area contributed by atoms with Gasteiger partial charge >= 0.3 is 0 Å². The molecule has 5 nitrogen and oxygen atoms in total.